The van der Waals surface area contributed by atoms with E-state index < -0.39 is 0 Å². The van der Waals surface area contributed by atoms with Crippen LogP contribution in [0.2, 0.25) is 0 Å². The van der Waals surface area contributed by atoms with Crippen molar-refractivity contribution in [3.05, 3.63) is 0 Å². The number of morpholine rings is 1. The maximum Gasteiger partial charge on any atom is 0.0730 e. The molecule has 2 unspecified atom stereocenters. The van der Waals surface area contributed by atoms with E-state index in [9.17, 15) is 0 Å². The van der Waals surface area contributed by atoms with Crippen molar-refractivity contribution in [3.63, 3.8) is 0 Å². The molecule has 0 aromatic carbocycles. The Morgan fingerprint density at radius 3 is 2.81 bits per heavy atom. The molecule has 2 saturated carbocycles. The van der Waals surface area contributed by atoms with Gasteiger partial charge in [0.15, 0.2) is 0 Å². The zero-order valence-electron chi connectivity index (χ0n) is 10.2. The summed E-state index contributed by atoms with van der Waals surface area (Å²) < 4.78 is 5.86. The van der Waals surface area contributed by atoms with Crippen LogP contribution >= 0.6 is 0 Å². The van der Waals surface area contributed by atoms with Crippen molar-refractivity contribution >= 4 is 0 Å². The SMILES string of the molecule is NCC1(CN2CCOC3CCCC32)CCC1. The van der Waals surface area contributed by atoms with Crippen LogP contribution in [-0.2, 0) is 4.74 Å². The van der Waals surface area contributed by atoms with Gasteiger partial charge in [-0.25, -0.2) is 0 Å². The Kier molecular flexibility index (Phi) is 2.94. The first-order valence-electron chi connectivity index (χ1n) is 6.89. The Morgan fingerprint density at radius 2 is 2.12 bits per heavy atom. The highest BCUT2D eigenvalue weighted by molar-refractivity contribution is 4.96. The Bertz CT molecular complexity index is 247. The Labute approximate surface area is 98.3 Å². The number of rotatable bonds is 3. The third-order valence-corrected chi connectivity index (χ3v) is 4.98. The molecule has 0 bridgehead atoms. The molecule has 2 N–H and O–H groups in total. The van der Waals surface area contributed by atoms with Crippen molar-refractivity contribution in [2.45, 2.75) is 50.7 Å². The standard InChI is InChI=1S/C13H24N2O/c14-9-13(5-2-6-13)10-15-7-8-16-12-4-1-3-11(12)15/h11-12H,1-10,14H2. The van der Waals surface area contributed by atoms with Gasteiger partial charge in [-0.2, -0.15) is 0 Å². The second-order valence-electron chi connectivity index (χ2n) is 5.94. The van der Waals surface area contributed by atoms with E-state index in [0.717, 1.165) is 19.7 Å². The van der Waals surface area contributed by atoms with Crippen molar-refractivity contribution < 1.29 is 4.74 Å². The van der Waals surface area contributed by atoms with Crippen LogP contribution in [0.1, 0.15) is 38.5 Å². The van der Waals surface area contributed by atoms with Gasteiger partial charge in [-0.05, 0) is 44.1 Å². The van der Waals surface area contributed by atoms with Gasteiger partial charge in [0.2, 0.25) is 0 Å². The van der Waals surface area contributed by atoms with Crippen molar-refractivity contribution in [2.24, 2.45) is 11.1 Å². The molecule has 16 heavy (non-hydrogen) atoms. The normalized spacial score (nSPS) is 38.1. The molecule has 0 aromatic rings. The third kappa shape index (κ3) is 1.79. The maximum atomic E-state index is 5.97. The lowest BCUT2D eigenvalue weighted by molar-refractivity contribution is -0.0766. The summed E-state index contributed by atoms with van der Waals surface area (Å²) in [5.41, 5.74) is 6.43. The van der Waals surface area contributed by atoms with E-state index in [4.69, 9.17) is 10.5 Å². The summed E-state index contributed by atoms with van der Waals surface area (Å²) in [6.45, 7) is 4.17. The average Bonchev–Trinajstić information content (AvgIpc) is 2.72. The number of hydrogen-bond acceptors (Lipinski definition) is 3. The third-order valence-electron chi connectivity index (χ3n) is 4.98. The molecule has 0 radical (unpaired) electrons. The molecule has 0 amide bonds. The average molecular weight is 224 g/mol. The Hall–Kier alpha value is -0.120. The quantitative estimate of drug-likeness (QED) is 0.787. The number of ether oxygens (including phenoxy) is 1. The van der Waals surface area contributed by atoms with E-state index in [0.29, 0.717) is 17.6 Å². The van der Waals surface area contributed by atoms with Gasteiger partial charge in [0, 0.05) is 19.1 Å². The number of hydrogen-bond donors (Lipinski definition) is 1. The molecule has 1 saturated heterocycles. The van der Waals surface area contributed by atoms with Crippen LogP contribution in [0, 0.1) is 5.41 Å². The van der Waals surface area contributed by atoms with Crippen LogP contribution in [0.3, 0.4) is 0 Å². The van der Waals surface area contributed by atoms with Gasteiger partial charge in [-0.3, -0.25) is 4.90 Å². The minimum atomic E-state index is 0.463. The fourth-order valence-electron chi connectivity index (χ4n) is 3.74. The first kappa shape index (κ1) is 11.0. The van der Waals surface area contributed by atoms with E-state index in [1.165, 1.54) is 45.1 Å². The summed E-state index contributed by atoms with van der Waals surface area (Å²) in [4.78, 5) is 2.69. The molecule has 2 aliphatic carbocycles. The molecule has 0 spiro atoms. The van der Waals surface area contributed by atoms with E-state index in [2.05, 4.69) is 4.90 Å². The van der Waals surface area contributed by atoms with Crippen LogP contribution in [-0.4, -0.2) is 43.3 Å². The second-order valence-corrected chi connectivity index (χ2v) is 5.94. The molecular weight excluding hydrogens is 200 g/mol. The predicted molar refractivity (Wildman–Crippen MR) is 64.3 cm³/mol. The Balaban J connectivity index is 1.64. The van der Waals surface area contributed by atoms with Gasteiger partial charge in [-0.15, -0.1) is 0 Å². The summed E-state index contributed by atoms with van der Waals surface area (Å²) in [7, 11) is 0. The van der Waals surface area contributed by atoms with E-state index >= 15 is 0 Å². The summed E-state index contributed by atoms with van der Waals surface area (Å²) in [6, 6.07) is 0.706. The predicted octanol–water partition coefficient (Wildman–Crippen LogP) is 1.37. The molecule has 2 atom stereocenters. The summed E-state index contributed by atoms with van der Waals surface area (Å²) in [5.74, 6) is 0. The number of fused-ring (bicyclic) bond motifs is 1. The molecule has 3 rings (SSSR count). The van der Waals surface area contributed by atoms with Gasteiger partial charge in [0.1, 0.15) is 0 Å². The highest BCUT2D eigenvalue weighted by atomic mass is 16.5. The lowest BCUT2D eigenvalue weighted by Crippen LogP contribution is -2.55. The lowest BCUT2D eigenvalue weighted by Gasteiger charge is -2.48. The molecule has 3 aliphatic rings. The molecule has 3 nitrogen and oxygen atoms in total. The molecular formula is C13H24N2O. The molecule has 3 heteroatoms. The number of nitrogens with zero attached hydrogens (tertiary/aromatic N) is 1. The maximum absolute atomic E-state index is 5.97. The van der Waals surface area contributed by atoms with Gasteiger partial charge in [-0.1, -0.05) is 6.42 Å². The van der Waals surface area contributed by atoms with Crippen LogP contribution in [0.5, 0.6) is 0 Å². The van der Waals surface area contributed by atoms with Crippen LogP contribution in [0.25, 0.3) is 0 Å². The highest BCUT2D eigenvalue weighted by Gasteiger charge is 2.42. The van der Waals surface area contributed by atoms with Crippen LogP contribution < -0.4 is 5.73 Å². The largest absolute Gasteiger partial charge is 0.375 e. The first-order valence-corrected chi connectivity index (χ1v) is 6.89. The zero-order valence-corrected chi connectivity index (χ0v) is 10.2. The van der Waals surface area contributed by atoms with Gasteiger partial charge >= 0.3 is 0 Å². The van der Waals surface area contributed by atoms with Gasteiger partial charge in [0.05, 0.1) is 12.7 Å². The van der Waals surface area contributed by atoms with Crippen LogP contribution in [0.15, 0.2) is 0 Å². The van der Waals surface area contributed by atoms with E-state index in [1.807, 2.05) is 0 Å². The fourth-order valence-corrected chi connectivity index (χ4v) is 3.74. The van der Waals surface area contributed by atoms with Crippen molar-refractivity contribution in [1.29, 1.82) is 0 Å². The van der Waals surface area contributed by atoms with E-state index in [-0.39, 0.29) is 0 Å². The Morgan fingerprint density at radius 1 is 1.25 bits per heavy atom. The summed E-state index contributed by atoms with van der Waals surface area (Å²) >= 11 is 0. The minimum Gasteiger partial charge on any atom is -0.375 e. The fraction of sp³-hybridized carbons (Fsp3) is 1.00. The monoisotopic (exact) mass is 224 g/mol. The van der Waals surface area contributed by atoms with Gasteiger partial charge < -0.3 is 10.5 Å². The lowest BCUT2D eigenvalue weighted by atomic mass is 9.68. The van der Waals surface area contributed by atoms with Gasteiger partial charge in [0.25, 0.3) is 0 Å². The molecule has 0 aromatic heterocycles. The van der Waals surface area contributed by atoms with E-state index in [1.54, 1.807) is 0 Å². The molecule has 92 valence electrons. The first-order chi connectivity index (χ1) is 7.83. The second kappa shape index (κ2) is 4.28. The van der Waals surface area contributed by atoms with Crippen molar-refractivity contribution in [3.8, 4) is 0 Å². The minimum absolute atomic E-state index is 0.463. The number of nitrogens with two attached hydrogens (primary N) is 1. The molecule has 3 fully saturated rings. The highest BCUT2D eigenvalue weighted by Crippen LogP contribution is 2.42. The smallest absolute Gasteiger partial charge is 0.0730 e. The summed E-state index contributed by atoms with van der Waals surface area (Å²) in [6.07, 6.45) is 8.57. The van der Waals surface area contributed by atoms with Crippen molar-refractivity contribution in [2.75, 3.05) is 26.2 Å². The van der Waals surface area contributed by atoms with Crippen molar-refractivity contribution in [1.82, 2.24) is 4.90 Å². The zero-order chi connectivity index (χ0) is 11.0. The molecule has 1 aliphatic heterocycles. The van der Waals surface area contributed by atoms with Crippen LogP contribution in [0.4, 0.5) is 0 Å². The molecule has 1 heterocycles. The summed E-state index contributed by atoms with van der Waals surface area (Å²) in [5, 5.41) is 0. The topological polar surface area (TPSA) is 38.5 Å².